The van der Waals surface area contributed by atoms with Crippen molar-refractivity contribution in [3.05, 3.63) is 147 Å². The van der Waals surface area contributed by atoms with Gasteiger partial charge >= 0.3 is 0 Å². The number of aliphatic hydroxyl groups is 3. The highest BCUT2D eigenvalue weighted by Crippen LogP contribution is 2.55. The smallest absolute Gasteiger partial charge is 0.186 e. The zero-order valence-electron chi connectivity index (χ0n) is 39.8. The van der Waals surface area contributed by atoms with Gasteiger partial charge in [0.15, 0.2) is 29.8 Å². The highest BCUT2D eigenvalue weighted by atomic mass is 33.1. The van der Waals surface area contributed by atoms with Crippen LogP contribution in [0.25, 0.3) is 10.8 Å². The Balaban J connectivity index is 1.21. The molecule has 1 aliphatic heterocycles. The first-order valence-corrected chi connectivity index (χ1v) is 26.2. The maximum Gasteiger partial charge on any atom is 0.186 e. The number of fused-ring (bicyclic) bond motifs is 1. The summed E-state index contributed by atoms with van der Waals surface area (Å²) in [5, 5.41) is 64.9. The molecule has 0 saturated heterocycles. The van der Waals surface area contributed by atoms with Gasteiger partial charge in [-0.15, -0.1) is 0 Å². The Labute approximate surface area is 412 Å². The van der Waals surface area contributed by atoms with Gasteiger partial charge in [0, 0.05) is 60.5 Å². The molecule has 1 aromatic heterocycles. The third kappa shape index (κ3) is 11.2. The summed E-state index contributed by atoms with van der Waals surface area (Å²) in [5.74, 6) is 1.12. The Hall–Kier alpha value is -5.19. The number of aromatic hydroxyl groups is 2. The molecule has 2 aliphatic rings. The Morgan fingerprint density at radius 2 is 1.83 bits per heavy atom. The fourth-order valence-electron chi connectivity index (χ4n) is 10.5. The molecule has 5 atom stereocenters. The summed E-state index contributed by atoms with van der Waals surface area (Å²) in [6, 6.07) is 27.3. The standard InChI is InChI=1S/C55H65N3O9S2/c1-5-36-10-11-37-8-6-7-9-43(37)44(36)25-45-38(12-14-46(61)52(45)65-4)23-40(20-34-17-19-57-29-34)47(62)26-50(63)55(41-21-35(28-56-3)22-42(60)24-41)18-16-49-51-39(27-55)13-15-48(67-33-59)53(51)66-32-58-30-54(2,64)31-68-69-49/h6-15,17,19,21-22,24,29,40,47,49,56-62,64H,5,16,18,20,23,25-28,30-33H2,1-4H3. The Kier molecular flexibility index (Phi) is 16.2. The Bertz CT molecular complexity index is 2730. The molecule has 12 nitrogen and oxygen atoms in total. The van der Waals surface area contributed by atoms with E-state index in [9.17, 15) is 25.5 Å². The van der Waals surface area contributed by atoms with E-state index in [4.69, 9.17) is 14.2 Å². The van der Waals surface area contributed by atoms with Gasteiger partial charge in [-0.2, -0.15) is 0 Å². The predicted molar refractivity (Wildman–Crippen MR) is 275 cm³/mol. The van der Waals surface area contributed by atoms with Gasteiger partial charge in [0.1, 0.15) is 18.3 Å². The van der Waals surface area contributed by atoms with E-state index in [0.717, 1.165) is 56.1 Å². The minimum absolute atomic E-state index is 0.0315. The zero-order chi connectivity index (χ0) is 48.7. The van der Waals surface area contributed by atoms with Crippen LogP contribution in [0.15, 0.2) is 97.3 Å². The number of aryl methyl sites for hydroxylation is 1. The molecular formula is C55H65N3O9S2. The zero-order valence-corrected chi connectivity index (χ0v) is 41.5. The van der Waals surface area contributed by atoms with E-state index >= 15 is 4.79 Å². The van der Waals surface area contributed by atoms with Crippen LogP contribution >= 0.6 is 21.6 Å². The van der Waals surface area contributed by atoms with Gasteiger partial charge in [0.25, 0.3) is 0 Å². The van der Waals surface area contributed by atoms with Crippen molar-refractivity contribution >= 4 is 38.1 Å². The summed E-state index contributed by atoms with van der Waals surface area (Å²) in [5.41, 5.74) is 6.01. The molecule has 366 valence electrons. The number of aromatic amines is 1. The summed E-state index contributed by atoms with van der Waals surface area (Å²) in [6.07, 6.45) is 5.77. The van der Waals surface area contributed by atoms with E-state index in [1.165, 1.54) is 5.56 Å². The molecule has 0 amide bonds. The number of H-pyrrole nitrogens is 1. The number of ether oxygens (including phenoxy) is 3. The second kappa shape index (κ2) is 22.3. The molecule has 0 radical (unpaired) electrons. The molecule has 8 rings (SSSR count). The van der Waals surface area contributed by atoms with Gasteiger partial charge in [0.05, 0.1) is 24.2 Å². The van der Waals surface area contributed by atoms with Gasteiger partial charge in [0.2, 0.25) is 0 Å². The lowest BCUT2D eigenvalue weighted by Crippen LogP contribution is -2.41. The molecule has 14 heteroatoms. The highest BCUT2D eigenvalue weighted by Gasteiger charge is 2.46. The van der Waals surface area contributed by atoms with Gasteiger partial charge in [-0.1, -0.05) is 83.1 Å². The minimum Gasteiger partial charge on any atom is -0.508 e. The largest absolute Gasteiger partial charge is 0.508 e. The number of aliphatic hydroxyl groups excluding tert-OH is 2. The van der Waals surface area contributed by atoms with Crippen molar-refractivity contribution in [3.8, 4) is 28.7 Å². The SMILES string of the molecule is CCc1ccc2ccccc2c1Cc1c(CC(Cc2cc[nH]c2)C(O)CC(=O)C2(c3cc(O)cc(CNC)c3)CCC3SSCC(C)(O)CNCOc4c(OCO)ccc(c43)C2)ccc(O)c1OC. The normalized spacial score (nSPS) is 20.5. The van der Waals surface area contributed by atoms with Crippen LogP contribution in [0.5, 0.6) is 28.7 Å². The van der Waals surface area contributed by atoms with Crippen molar-refractivity contribution in [2.24, 2.45) is 5.92 Å². The summed E-state index contributed by atoms with van der Waals surface area (Å²) in [7, 11) is 6.57. The van der Waals surface area contributed by atoms with Crippen LogP contribution in [0.2, 0.25) is 0 Å². The number of phenolic OH excluding ortho intramolecular Hbond substituents is 2. The molecule has 0 spiro atoms. The van der Waals surface area contributed by atoms with Gasteiger partial charge in [-0.05, 0) is 138 Å². The molecule has 6 aromatic rings. The Morgan fingerprint density at radius 3 is 2.59 bits per heavy atom. The van der Waals surface area contributed by atoms with Crippen LogP contribution in [-0.4, -0.2) is 88.0 Å². The number of β-amino-alcohol motifs (C(OH)–C–C–N with tert-alkyl or cyclic N) is 1. The number of benzene rings is 5. The first-order chi connectivity index (χ1) is 33.4. The first-order valence-electron chi connectivity index (χ1n) is 23.8. The van der Waals surface area contributed by atoms with Crippen LogP contribution in [0, 0.1) is 5.92 Å². The maximum absolute atomic E-state index is 15.9. The fraction of sp³-hybridized carbons (Fsp3) is 0.400. The second-order valence-electron chi connectivity index (χ2n) is 18.8. The summed E-state index contributed by atoms with van der Waals surface area (Å²) >= 11 is 0. The topological polar surface area (TPSA) is 186 Å². The second-order valence-corrected chi connectivity index (χ2v) is 21.4. The van der Waals surface area contributed by atoms with Gasteiger partial charge in [-0.25, -0.2) is 0 Å². The molecule has 1 aliphatic carbocycles. The van der Waals surface area contributed by atoms with Crippen molar-refractivity contribution in [2.45, 2.75) is 94.1 Å². The number of phenols is 2. The van der Waals surface area contributed by atoms with E-state index in [0.29, 0.717) is 73.8 Å². The van der Waals surface area contributed by atoms with Crippen molar-refractivity contribution in [3.63, 3.8) is 0 Å². The van der Waals surface area contributed by atoms with Crippen LogP contribution in [0.3, 0.4) is 0 Å². The van der Waals surface area contributed by atoms with E-state index < -0.39 is 29.8 Å². The summed E-state index contributed by atoms with van der Waals surface area (Å²) < 4.78 is 18.1. The van der Waals surface area contributed by atoms with Gasteiger partial charge in [-0.3, -0.25) is 10.1 Å². The van der Waals surface area contributed by atoms with E-state index in [-0.39, 0.29) is 42.1 Å². The lowest BCUT2D eigenvalue weighted by atomic mass is 9.68. The van der Waals surface area contributed by atoms with Crippen LogP contribution in [0.4, 0.5) is 0 Å². The number of aromatic nitrogens is 1. The molecule has 8 N–H and O–H groups in total. The third-order valence-electron chi connectivity index (χ3n) is 13.9. The highest BCUT2D eigenvalue weighted by molar-refractivity contribution is 8.76. The van der Waals surface area contributed by atoms with E-state index in [2.05, 4.69) is 46.8 Å². The molecule has 5 unspecified atom stereocenters. The quantitative estimate of drug-likeness (QED) is 0.0321. The first kappa shape index (κ1) is 50.2. The number of Topliss-reactive ketones (excluding diaryl/α,β-unsaturated/α-hetero) is 1. The van der Waals surface area contributed by atoms with Gasteiger partial charge < -0.3 is 50.0 Å². The summed E-state index contributed by atoms with van der Waals surface area (Å²) in [4.78, 5) is 19.0. The van der Waals surface area contributed by atoms with Crippen LogP contribution < -0.4 is 24.8 Å². The number of hydrogen-bond acceptors (Lipinski definition) is 13. The lowest BCUT2D eigenvalue weighted by molar-refractivity contribution is -0.127. The molecular weight excluding hydrogens is 911 g/mol. The molecule has 0 bridgehead atoms. The average molecular weight is 976 g/mol. The number of methoxy groups -OCH3 is 1. The van der Waals surface area contributed by atoms with E-state index in [1.54, 1.807) is 59.9 Å². The molecule has 0 saturated carbocycles. The number of carbonyl (C=O) groups excluding carboxylic acids is 1. The van der Waals surface area contributed by atoms with Crippen molar-refractivity contribution in [1.29, 1.82) is 0 Å². The van der Waals surface area contributed by atoms with Crippen molar-refractivity contribution in [1.82, 2.24) is 15.6 Å². The van der Waals surface area contributed by atoms with Crippen molar-refractivity contribution < 1.29 is 44.5 Å². The lowest BCUT2D eigenvalue weighted by Gasteiger charge is -2.35. The average Bonchev–Trinajstić information content (AvgIpc) is 3.78. The number of hydrogen-bond donors (Lipinski definition) is 8. The molecule has 2 heterocycles. The van der Waals surface area contributed by atoms with E-state index in [1.807, 2.05) is 55.8 Å². The number of carbonyl (C=O) groups is 1. The predicted octanol–water partition coefficient (Wildman–Crippen LogP) is 8.60. The third-order valence-corrected chi connectivity index (χ3v) is 17.0. The monoisotopic (exact) mass is 975 g/mol. The number of ketones is 1. The number of rotatable bonds is 17. The van der Waals surface area contributed by atoms with Crippen LogP contribution in [0.1, 0.15) is 88.4 Å². The molecule has 5 aromatic carbocycles. The minimum atomic E-state index is -1.20. The van der Waals surface area contributed by atoms with Crippen LogP contribution in [-0.2, 0) is 48.9 Å². The van der Waals surface area contributed by atoms with Crippen molar-refractivity contribution in [2.75, 3.05) is 40.0 Å². The molecule has 69 heavy (non-hydrogen) atoms. The number of nitrogens with one attached hydrogen (secondary N) is 3. The summed E-state index contributed by atoms with van der Waals surface area (Å²) in [6.45, 7) is 4.20. The fourth-order valence-corrected chi connectivity index (χ4v) is 13.7. The Morgan fingerprint density at radius 1 is 1.00 bits per heavy atom. The molecule has 0 fully saturated rings. The maximum atomic E-state index is 15.9.